The number of hydrogen-bond acceptors (Lipinski definition) is 7. The number of imidazole rings is 1. The molecule has 31 heavy (non-hydrogen) atoms. The van der Waals surface area contributed by atoms with Crippen LogP contribution in [0, 0.1) is 0 Å². The van der Waals surface area contributed by atoms with Gasteiger partial charge in [-0.05, 0) is 18.9 Å². The van der Waals surface area contributed by atoms with E-state index in [1.165, 1.54) is 10.6 Å². The van der Waals surface area contributed by atoms with Gasteiger partial charge >= 0.3 is 11.9 Å². The van der Waals surface area contributed by atoms with Crippen LogP contribution in [0.3, 0.4) is 0 Å². The number of anilines is 1. The number of fused-ring (bicyclic) bond motifs is 1. The van der Waals surface area contributed by atoms with Gasteiger partial charge in [-0.2, -0.15) is 18.2 Å². The maximum atomic E-state index is 13.1. The Bertz CT molecular complexity index is 1290. The van der Waals surface area contributed by atoms with Crippen LogP contribution in [0.4, 0.5) is 19.0 Å². The van der Waals surface area contributed by atoms with Gasteiger partial charge in [0, 0.05) is 31.4 Å². The highest BCUT2D eigenvalue weighted by Crippen LogP contribution is 2.30. The lowest BCUT2D eigenvalue weighted by atomic mass is 9.97. The Morgan fingerprint density at radius 1 is 1.10 bits per heavy atom. The molecule has 1 unspecified atom stereocenters. The Kier molecular flexibility index (Phi) is 4.45. The van der Waals surface area contributed by atoms with Gasteiger partial charge in [-0.25, -0.2) is 29.8 Å². The van der Waals surface area contributed by atoms with E-state index in [4.69, 9.17) is 0 Å². The van der Waals surface area contributed by atoms with Gasteiger partial charge in [0.05, 0.1) is 12.4 Å². The highest BCUT2D eigenvalue weighted by Gasteiger charge is 2.33. The molecular formula is C18H16F3N9O. The summed E-state index contributed by atoms with van der Waals surface area (Å²) >= 11 is 0. The second-order valence-corrected chi connectivity index (χ2v) is 7.22. The predicted molar refractivity (Wildman–Crippen MR) is 102 cm³/mol. The Morgan fingerprint density at radius 3 is 2.74 bits per heavy atom. The zero-order valence-electron chi connectivity index (χ0n) is 16.0. The van der Waals surface area contributed by atoms with E-state index in [1.54, 1.807) is 12.3 Å². The Hall–Kier alpha value is -3.77. The molecule has 4 aromatic rings. The van der Waals surface area contributed by atoms with Crippen molar-refractivity contribution in [3.8, 4) is 11.5 Å². The molecule has 160 valence electrons. The summed E-state index contributed by atoms with van der Waals surface area (Å²) in [6.45, 7) is 1.34. The number of H-pyrrole nitrogens is 2. The largest absolute Gasteiger partial charge is 0.434 e. The lowest BCUT2D eigenvalue weighted by Crippen LogP contribution is -2.35. The van der Waals surface area contributed by atoms with E-state index in [2.05, 4.69) is 35.1 Å². The maximum Gasteiger partial charge on any atom is 0.434 e. The van der Waals surface area contributed by atoms with Gasteiger partial charge in [-0.1, -0.05) is 0 Å². The standard InChI is InChI=1S/C18H16F3N9O/c19-18(20,21)12-9-30-11(6-24-14(30)7-23-12)16-22-4-3-13(25-16)29-5-1-2-10(8-29)15-26-17(31)28-27-15/h3-4,6-7,9-10H,1-2,5,8H2,(H2,26,27,28,31). The quantitative estimate of drug-likeness (QED) is 0.509. The average Bonchev–Trinajstić information content (AvgIpc) is 3.39. The second kappa shape index (κ2) is 7.18. The molecular weight excluding hydrogens is 415 g/mol. The molecule has 0 spiro atoms. The van der Waals surface area contributed by atoms with Gasteiger partial charge in [-0.3, -0.25) is 9.50 Å². The lowest BCUT2D eigenvalue weighted by Gasteiger charge is -2.32. The first-order valence-corrected chi connectivity index (χ1v) is 9.52. The third kappa shape index (κ3) is 3.62. The SMILES string of the molecule is O=c1nc(C2CCCN(c3ccnc(-c4cnc5cnc(C(F)(F)F)cn45)n3)C2)[nH][nH]1. The monoisotopic (exact) mass is 431 g/mol. The van der Waals surface area contributed by atoms with Crippen LogP contribution in [0.5, 0.6) is 0 Å². The normalized spacial score (nSPS) is 17.4. The number of hydrogen-bond donors (Lipinski definition) is 2. The van der Waals surface area contributed by atoms with Crippen LogP contribution in [0.25, 0.3) is 17.2 Å². The van der Waals surface area contributed by atoms with Gasteiger partial charge in [0.2, 0.25) is 0 Å². The summed E-state index contributed by atoms with van der Waals surface area (Å²) in [5, 5.41) is 5.25. The van der Waals surface area contributed by atoms with E-state index in [1.807, 2.05) is 4.90 Å². The number of aromatic amines is 2. The van der Waals surface area contributed by atoms with Gasteiger partial charge < -0.3 is 4.90 Å². The molecule has 10 nitrogen and oxygen atoms in total. The number of halogens is 3. The summed E-state index contributed by atoms with van der Waals surface area (Å²) in [6.07, 6.45) is 2.10. The average molecular weight is 431 g/mol. The molecule has 2 N–H and O–H groups in total. The Labute approximate surface area is 172 Å². The second-order valence-electron chi connectivity index (χ2n) is 7.22. The Balaban J connectivity index is 1.47. The summed E-state index contributed by atoms with van der Waals surface area (Å²) in [4.78, 5) is 33.7. The lowest BCUT2D eigenvalue weighted by molar-refractivity contribution is -0.141. The van der Waals surface area contributed by atoms with Crippen molar-refractivity contribution in [2.24, 2.45) is 0 Å². The van der Waals surface area contributed by atoms with Gasteiger partial charge in [0.15, 0.2) is 17.2 Å². The minimum absolute atomic E-state index is 0.0299. The van der Waals surface area contributed by atoms with Crippen molar-refractivity contribution < 1.29 is 13.2 Å². The van der Waals surface area contributed by atoms with E-state index >= 15 is 0 Å². The molecule has 0 bridgehead atoms. The van der Waals surface area contributed by atoms with Crippen LogP contribution >= 0.6 is 0 Å². The first-order chi connectivity index (χ1) is 14.9. The Morgan fingerprint density at radius 2 is 1.97 bits per heavy atom. The van der Waals surface area contributed by atoms with Crippen LogP contribution in [-0.2, 0) is 6.18 Å². The van der Waals surface area contributed by atoms with E-state index in [-0.39, 0.29) is 17.4 Å². The van der Waals surface area contributed by atoms with Gasteiger partial charge in [-0.15, -0.1) is 0 Å². The molecule has 5 rings (SSSR count). The number of nitrogens with zero attached hydrogens (tertiary/aromatic N) is 7. The minimum Gasteiger partial charge on any atom is -0.356 e. The van der Waals surface area contributed by atoms with Crippen LogP contribution in [0.1, 0.15) is 30.3 Å². The molecule has 1 aliphatic rings. The molecule has 13 heteroatoms. The van der Waals surface area contributed by atoms with E-state index in [9.17, 15) is 18.0 Å². The van der Waals surface area contributed by atoms with Crippen LogP contribution in [0.2, 0.25) is 0 Å². The van der Waals surface area contributed by atoms with Crippen molar-refractivity contribution in [2.75, 3.05) is 18.0 Å². The fraction of sp³-hybridized carbons (Fsp3) is 0.333. The summed E-state index contributed by atoms with van der Waals surface area (Å²) in [6, 6.07) is 1.74. The molecule has 0 saturated carbocycles. The molecule has 4 aromatic heterocycles. The molecule has 5 heterocycles. The van der Waals surface area contributed by atoms with Crippen LogP contribution < -0.4 is 10.6 Å². The highest BCUT2D eigenvalue weighted by molar-refractivity contribution is 5.58. The third-order valence-electron chi connectivity index (χ3n) is 5.21. The van der Waals surface area contributed by atoms with E-state index < -0.39 is 17.6 Å². The van der Waals surface area contributed by atoms with Crippen molar-refractivity contribution in [2.45, 2.75) is 24.9 Å². The number of rotatable bonds is 3. The third-order valence-corrected chi connectivity index (χ3v) is 5.21. The predicted octanol–water partition coefficient (Wildman–Crippen LogP) is 2.00. The minimum atomic E-state index is -4.57. The molecule has 0 radical (unpaired) electrons. The van der Waals surface area contributed by atoms with Crippen molar-refractivity contribution in [1.29, 1.82) is 0 Å². The maximum absolute atomic E-state index is 13.1. The van der Waals surface area contributed by atoms with Gasteiger partial charge in [0.25, 0.3) is 0 Å². The van der Waals surface area contributed by atoms with Crippen molar-refractivity contribution in [3.63, 3.8) is 0 Å². The molecule has 1 saturated heterocycles. The molecule has 0 aliphatic carbocycles. The summed E-state index contributed by atoms with van der Waals surface area (Å²) in [7, 11) is 0. The topological polar surface area (TPSA) is 121 Å². The van der Waals surface area contributed by atoms with Crippen molar-refractivity contribution in [3.05, 3.63) is 52.9 Å². The molecule has 1 atom stereocenters. The van der Waals surface area contributed by atoms with Crippen LogP contribution in [0.15, 0.2) is 35.6 Å². The molecule has 0 aromatic carbocycles. The van der Waals surface area contributed by atoms with Gasteiger partial charge in [0.1, 0.15) is 17.3 Å². The number of nitrogens with one attached hydrogen (secondary N) is 2. The number of alkyl halides is 3. The van der Waals surface area contributed by atoms with E-state index in [0.717, 1.165) is 31.8 Å². The number of aromatic nitrogens is 8. The van der Waals surface area contributed by atoms with Crippen molar-refractivity contribution >= 4 is 11.5 Å². The fourth-order valence-electron chi connectivity index (χ4n) is 3.73. The fourth-order valence-corrected chi connectivity index (χ4v) is 3.73. The molecule has 0 amide bonds. The zero-order chi connectivity index (χ0) is 21.6. The van der Waals surface area contributed by atoms with Crippen molar-refractivity contribution in [1.82, 2.24) is 39.5 Å². The summed E-state index contributed by atoms with van der Waals surface area (Å²) in [5.41, 5.74) is -0.855. The van der Waals surface area contributed by atoms with Crippen LogP contribution in [-0.4, -0.2) is 52.6 Å². The van der Waals surface area contributed by atoms with E-state index in [0.29, 0.717) is 23.9 Å². The number of piperidine rings is 1. The first kappa shape index (κ1) is 19.2. The zero-order valence-corrected chi connectivity index (χ0v) is 16.0. The summed E-state index contributed by atoms with van der Waals surface area (Å²) < 4.78 is 40.5. The first-order valence-electron chi connectivity index (χ1n) is 9.52. The molecule has 1 aliphatic heterocycles. The smallest absolute Gasteiger partial charge is 0.356 e. The highest BCUT2D eigenvalue weighted by atomic mass is 19.4. The summed E-state index contributed by atoms with van der Waals surface area (Å²) in [5.74, 6) is 1.51. The molecule has 1 fully saturated rings.